The van der Waals surface area contributed by atoms with Crippen molar-refractivity contribution in [2.75, 3.05) is 19.6 Å². The molecular formula is C8H17N3O7. The van der Waals surface area contributed by atoms with Crippen molar-refractivity contribution in [3.63, 3.8) is 0 Å². The maximum Gasteiger partial charge on any atom is 0.322 e. The molecule has 0 aromatic carbocycles. The van der Waals surface area contributed by atoms with Crippen molar-refractivity contribution in [2.45, 2.75) is 6.92 Å². The molecule has 0 aliphatic rings. The molecule has 0 spiro atoms. The molecule has 0 saturated heterocycles. The normalized spacial score (nSPS) is 7.72. The number of carbonyl (C=O) groups is 4. The van der Waals surface area contributed by atoms with Gasteiger partial charge in [0.2, 0.25) is 5.91 Å². The van der Waals surface area contributed by atoms with E-state index in [0.29, 0.717) is 0 Å². The van der Waals surface area contributed by atoms with Gasteiger partial charge in [-0.1, -0.05) is 0 Å². The molecule has 0 fully saturated rings. The lowest BCUT2D eigenvalue weighted by molar-refractivity contribution is -0.137. The van der Waals surface area contributed by atoms with E-state index in [1.165, 1.54) is 6.92 Å². The minimum absolute atomic E-state index is 0.278. The zero-order valence-electron chi connectivity index (χ0n) is 9.75. The molecule has 106 valence electrons. The van der Waals surface area contributed by atoms with Gasteiger partial charge in [0.25, 0.3) is 0 Å². The summed E-state index contributed by atoms with van der Waals surface area (Å²) in [6.07, 6.45) is 0. The first-order valence-corrected chi connectivity index (χ1v) is 4.47. The Kier molecular flexibility index (Phi) is 17.4. The van der Waals surface area contributed by atoms with Crippen LogP contribution in [0.2, 0.25) is 0 Å². The summed E-state index contributed by atoms with van der Waals surface area (Å²) in [6, 6.07) is 0. The Hall–Kier alpha value is -2.20. The molecule has 18 heavy (non-hydrogen) atoms. The van der Waals surface area contributed by atoms with Crippen molar-refractivity contribution < 1.29 is 34.5 Å². The van der Waals surface area contributed by atoms with Crippen molar-refractivity contribution in [3.05, 3.63) is 0 Å². The fourth-order valence-corrected chi connectivity index (χ4v) is 0.200. The van der Waals surface area contributed by atoms with Crippen LogP contribution in [0.15, 0.2) is 0 Å². The van der Waals surface area contributed by atoms with Crippen LogP contribution in [-0.2, 0) is 19.2 Å². The maximum absolute atomic E-state index is 9.97. The van der Waals surface area contributed by atoms with Gasteiger partial charge in [-0.05, 0) is 0 Å². The van der Waals surface area contributed by atoms with Crippen LogP contribution in [0.5, 0.6) is 0 Å². The van der Waals surface area contributed by atoms with Crippen LogP contribution in [0.3, 0.4) is 0 Å². The number of nitrogens with one attached hydrogen (secondary N) is 1. The Labute approximate surface area is 103 Å². The molecule has 0 aromatic rings. The first kappa shape index (κ1) is 21.1. The van der Waals surface area contributed by atoms with E-state index in [9.17, 15) is 19.2 Å². The summed E-state index contributed by atoms with van der Waals surface area (Å²) in [7, 11) is 0. The second kappa shape index (κ2) is 14.8. The maximum atomic E-state index is 9.97. The summed E-state index contributed by atoms with van der Waals surface area (Å²) < 4.78 is 0. The van der Waals surface area contributed by atoms with Gasteiger partial charge in [-0.15, -0.1) is 0 Å². The summed E-state index contributed by atoms with van der Waals surface area (Å²) >= 11 is 0. The molecule has 0 atom stereocenters. The van der Waals surface area contributed by atoms with Crippen LogP contribution in [0, 0.1) is 0 Å². The average Bonchev–Trinajstić information content (AvgIpc) is 2.27. The SMILES string of the molecule is CC(=O)NCC(=O)O.NCC(=O)O.NCC(=O)O. The third-order valence-corrected chi connectivity index (χ3v) is 0.838. The van der Waals surface area contributed by atoms with E-state index >= 15 is 0 Å². The van der Waals surface area contributed by atoms with Crippen molar-refractivity contribution >= 4 is 23.8 Å². The molecular weight excluding hydrogens is 250 g/mol. The van der Waals surface area contributed by atoms with E-state index in [2.05, 4.69) is 16.8 Å². The molecule has 0 unspecified atom stereocenters. The van der Waals surface area contributed by atoms with E-state index in [-0.39, 0.29) is 25.5 Å². The van der Waals surface area contributed by atoms with Crippen molar-refractivity contribution in [1.29, 1.82) is 0 Å². The largest absolute Gasteiger partial charge is 0.480 e. The average molecular weight is 267 g/mol. The number of rotatable bonds is 4. The second-order valence-corrected chi connectivity index (χ2v) is 2.50. The first-order valence-electron chi connectivity index (χ1n) is 4.47. The lowest BCUT2D eigenvalue weighted by Crippen LogP contribution is -2.26. The number of nitrogens with two attached hydrogens (primary N) is 2. The highest BCUT2D eigenvalue weighted by atomic mass is 16.4. The van der Waals surface area contributed by atoms with Crippen LogP contribution in [0.1, 0.15) is 6.92 Å². The van der Waals surface area contributed by atoms with Crippen LogP contribution in [-0.4, -0.2) is 58.8 Å². The number of amides is 1. The quantitative estimate of drug-likeness (QED) is 0.313. The zero-order chi connectivity index (χ0) is 15.1. The predicted molar refractivity (Wildman–Crippen MR) is 59.7 cm³/mol. The van der Waals surface area contributed by atoms with Gasteiger partial charge in [-0.25, -0.2) is 0 Å². The van der Waals surface area contributed by atoms with E-state index in [4.69, 9.17) is 15.3 Å². The van der Waals surface area contributed by atoms with Gasteiger partial charge in [0.1, 0.15) is 6.54 Å². The van der Waals surface area contributed by atoms with Gasteiger partial charge in [0.05, 0.1) is 13.1 Å². The first-order chi connectivity index (χ1) is 8.17. The number of carboxylic acids is 3. The summed E-state index contributed by atoms with van der Waals surface area (Å²) in [5.41, 5.74) is 9.14. The Balaban J connectivity index is -0.000000197. The fourth-order valence-electron chi connectivity index (χ4n) is 0.200. The van der Waals surface area contributed by atoms with Crippen LogP contribution >= 0.6 is 0 Å². The minimum Gasteiger partial charge on any atom is -0.480 e. The lowest BCUT2D eigenvalue weighted by Gasteiger charge is -1.92. The molecule has 0 heterocycles. The predicted octanol–water partition coefficient (Wildman–Crippen LogP) is -2.73. The molecule has 0 saturated carbocycles. The lowest BCUT2D eigenvalue weighted by atomic mass is 10.6. The highest BCUT2D eigenvalue weighted by molar-refractivity contribution is 5.79. The Bertz CT molecular complexity index is 252. The van der Waals surface area contributed by atoms with Crippen LogP contribution < -0.4 is 16.8 Å². The standard InChI is InChI=1S/C4H7NO3.2C2H5NO2/c1-3(6)5-2-4(7)8;2*3-1-2(4)5/h2H2,1H3,(H,5,6)(H,7,8);2*1,3H2,(H,4,5). The third kappa shape index (κ3) is 48.9. The molecule has 0 aliphatic heterocycles. The summed E-state index contributed by atoms with van der Waals surface area (Å²) in [5, 5.41) is 25.2. The molecule has 10 nitrogen and oxygen atoms in total. The fraction of sp³-hybridized carbons (Fsp3) is 0.500. The number of carboxylic acid groups (broad SMARTS) is 3. The van der Waals surface area contributed by atoms with Gasteiger partial charge < -0.3 is 32.1 Å². The number of hydrogen-bond donors (Lipinski definition) is 6. The Morgan fingerprint density at radius 2 is 1.17 bits per heavy atom. The van der Waals surface area contributed by atoms with Gasteiger partial charge in [-0.3, -0.25) is 19.2 Å². The van der Waals surface area contributed by atoms with Crippen molar-refractivity contribution in [1.82, 2.24) is 5.32 Å². The van der Waals surface area contributed by atoms with Crippen molar-refractivity contribution in [2.24, 2.45) is 11.5 Å². The monoisotopic (exact) mass is 267 g/mol. The molecule has 8 N–H and O–H groups in total. The summed E-state index contributed by atoms with van der Waals surface area (Å²) in [4.78, 5) is 38.1. The highest BCUT2D eigenvalue weighted by Crippen LogP contribution is 1.60. The highest BCUT2D eigenvalue weighted by Gasteiger charge is 1.94. The topological polar surface area (TPSA) is 193 Å². The van der Waals surface area contributed by atoms with E-state index < -0.39 is 17.9 Å². The van der Waals surface area contributed by atoms with E-state index in [1.807, 2.05) is 0 Å². The smallest absolute Gasteiger partial charge is 0.322 e. The number of hydrogen-bond acceptors (Lipinski definition) is 6. The van der Waals surface area contributed by atoms with Gasteiger partial charge in [0, 0.05) is 6.92 Å². The Morgan fingerprint density at radius 1 is 0.889 bits per heavy atom. The molecule has 1 amide bonds. The number of carbonyl (C=O) groups excluding carboxylic acids is 1. The van der Waals surface area contributed by atoms with Crippen LogP contribution in [0.4, 0.5) is 0 Å². The van der Waals surface area contributed by atoms with Gasteiger partial charge >= 0.3 is 17.9 Å². The second-order valence-electron chi connectivity index (χ2n) is 2.50. The molecule has 0 aliphatic carbocycles. The Morgan fingerprint density at radius 3 is 1.22 bits per heavy atom. The van der Waals surface area contributed by atoms with Crippen molar-refractivity contribution in [3.8, 4) is 0 Å². The molecule has 0 rings (SSSR count). The molecule has 0 radical (unpaired) electrons. The minimum atomic E-state index is -1.03. The van der Waals surface area contributed by atoms with Crippen LogP contribution in [0.25, 0.3) is 0 Å². The van der Waals surface area contributed by atoms with E-state index in [0.717, 1.165) is 0 Å². The summed E-state index contributed by atoms with van der Waals surface area (Å²) in [6.45, 7) is 0.415. The van der Waals surface area contributed by atoms with Gasteiger partial charge in [0.15, 0.2) is 0 Å². The van der Waals surface area contributed by atoms with Gasteiger partial charge in [-0.2, -0.15) is 0 Å². The summed E-state index contributed by atoms with van der Waals surface area (Å²) in [5.74, 6) is -3.29. The third-order valence-electron chi connectivity index (χ3n) is 0.838. The van der Waals surface area contributed by atoms with E-state index in [1.54, 1.807) is 0 Å². The molecule has 0 aromatic heterocycles. The zero-order valence-corrected chi connectivity index (χ0v) is 9.75. The molecule has 0 bridgehead atoms. The number of aliphatic carboxylic acids is 3. The molecule has 10 heteroatoms.